The number of carbonyl (C=O) groups is 1. The summed E-state index contributed by atoms with van der Waals surface area (Å²) in [5, 5.41) is 10.5. The first-order valence-electron chi connectivity index (χ1n) is 7.43. The molecule has 23 heavy (non-hydrogen) atoms. The fourth-order valence-corrected chi connectivity index (χ4v) is 2.81. The van der Waals surface area contributed by atoms with Crippen LogP contribution in [0.1, 0.15) is 23.5 Å². The van der Waals surface area contributed by atoms with E-state index in [0.29, 0.717) is 12.0 Å². The quantitative estimate of drug-likeness (QED) is 0.752. The van der Waals surface area contributed by atoms with Crippen molar-refractivity contribution < 1.29 is 13.9 Å². The van der Waals surface area contributed by atoms with Gasteiger partial charge in [-0.05, 0) is 35.7 Å². The van der Waals surface area contributed by atoms with Crippen LogP contribution in [0.4, 0.5) is 4.39 Å². The third-order valence-corrected chi connectivity index (χ3v) is 4.16. The number of carbonyl (C=O) groups excluding carboxylic acids is 1. The van der Waals surface area contributed by atoms with Crippen LogP contribution in [0.15, 0.2) is 42.5 Å². The zero-order valence-corrected chi connectivity index (χ0v) is 12.2. The van der Waals surface area contributed by atoms with E-state index < -0.39 is 0 Å². The minimum Gasteiger partial charge on any atom is -0.461 e. The first-order chi connectivity index (χ1) is 11.2. The highest BCUT2D eigenvalue weighted by Crippen LogP contribution is 2.48. The van der Waals surface area contributed by atoms with Crippen LogP contribution in [-0.4, -0.2) is 21.4 Å². The van der Waals surface area contributed by atoms with E-state index in [9.17, 15) is 9.18 Å². The summed E-state index contributed by atoms with van der Waals surface area (Å²) in [5.41, 5.74) is 2.94. The standard InChI is InChI=1S/C17H14FN3O2/c18-14-4-2-1-3-11(14)12-8-13(12)17(22)23-9-10-5-6-15-16(7-10)20-21-19-15/h1-7,12-13H,8-9H2,(H,19,20,21)/t12-,13-/m1/s1. The number of nitrogens with one attached hydrogen (secondary N) is 1. The van der Waals surface area contributed by atoms with Gasteiger partial charge >= 0.3 is 5.97 Å². The fourth-order valence-electron chi connectivity index (χ4n) is 2.81. The summed E-state index contributed by atoms with van der Waals surface area (Å²) in [6.45, 7) is 0.183. The molecule has 2 atom stereocenters. The number of halogens is 1. The minimum absolute atomic E-state index is 0.0679. The molecule has 0 aliphatic heterocycles. The second-order valence-electron chi connectivity index (χ2n) is 5.72. The lowest BCUT2D eigenvalue weighted by Crippen LogP contribution is -2.08. The number of rotatable bonds is 4. The fraction of sp³-hybridized carbons (Fsp3) is 0.235. The van der Waals surface area contributed by atoms with Gasteiger partial charge in [-0.3, -0.25) is 4.79 Å². The maximum absolute atomic E-state index is 13.7. The number of nitrogens with zero attached hydrogens (tertiary/aromatic N) is 2. The number of hydrogen-bond acceptors (Lipinski definition) is 4. The number of hydrogen-bond donors (Lipinski definition) is 1. The Bertz CT molecular complexity index is 877. The van der Waals surface area contributed by atoms with E-state index in [-0.39, 0.29) is 30.2 Å². The molecular weight excluding hydrogens is 297 g/mol. The molecule has 5 nitrogen and oxygen atoms in total. The second-order valence-corrected chi connectivity index (χ2v) is 5.72. The molecule has 2 aromatic carbocycles. The second kappa shape index (κ2) is 5.46. The topological polar surface area (TPSA) is 67.9 Å². The SMILES string of the molecule is O=C(OCc1ccc2n[nH]nc2c1)[C@@H]1C[C@@H]1c1ccccc1F. The molecule has 1 aromatic heterocycles. The minimum atomic E-state index is -0.279. The van der Waals surface area contributed by atoms with Crippen LogP contribution in [0.5, 0.6) is 0 Å². The average molecular weight is 311 g/mol. The molecule has 0 amide bonds. The summed E-state index contributed by atoms with van der Waals surface area (Å²) in [6.07, 6.45) is 0.641. The molecule has 3 aromatic rings. The van der Waals surface area contributed by atoms with Gasteiger partial charge in [0.2, 0.25) is 0 Å². The summed E-state index contributed by atoms with van der Waals surface area (Å²) in [5.74, 6) is -0.854. The summed E-state index contributed by atoms with van der Waals surface area (Å²) in [4.78, 5) is 12.1. The Morgan fingerprint density at radius 3 is 2.91 bits per heavy atom. The highest BCUT2D eigenvalue weighted by Gasteiger charge is 2.46. The third-order valence-electron chi connectivity index (χ3n) is 4.16. The predicted molar refractivity (Wildman–Crippen MR) is 80.9 cm³/mol. The number of H-pyrrole nitrogens is 1. The van der Waals surface area contributed by atoms with Gasteiger partial charge in [0, 0.05) is 5.92 Å². The van der Waals surface area contributed by atoms with E-state index in [1.807, 2.05) is 18.2 Å². The molecule has 0 bridgehead atoms. The van der Waals surface area contributed by atoms with Crippen molar-refractivity contribution in [3.8, 4) is 0 Å². The van der Waals surface area contributed by atoms with Gasteiger partial charge in [-0.25, -0.2) is 4.39 Å². The van der Waals surface area contributed by atoms with Crippen LogP contribution in [0.25, 0.3) is 11.0 Å². The Morgan fingerprint density at radius 2 is 2.04 bits per heavy atom. The smallest absolute Gasteiger partial charge is 0.309 e. The Morgan fingerprint density at radius 1 is 1.22 bits per heavy atom. The molecule has 0 saturated heterocycles. The number of benzene rings is 2. The van der Waals surface area contributed by atoms with Crippen LogP contribution in [-0.2, 0) is 16.1 Å². The van der Waals surface area contributed by atoms with Crippen molar-refractivity contribution in [3.05, 3.63) is 59.4 Å². The molecule has 4 rings (SSSR count). The van der Waals surface area contributed by atoms with Crippen molar-refractivity contribution in [3.63, 3.8) is 0 Å². The number of aromatic amines is 1. The van der Waals surface area contributed by atoms with Gasteiger partial charge in [0.25, 0.3) is 0 Å². The summed E-state index contributed by atoms with van der Waals surface area (Å²) in [7, 11) is 0. The first kappa shape index (κ1) is 13.9. The van der Waals surface area contributed by atoms with Crippen molar-refractivity contribution in [2.24, 2.45) is 5.92 Å². The summed E-state index contributed by atoms with van der Waals surface area (Å²) < 4.78 is 19.1. The summed E-state index contributed by atoms with van der Waals surface area (Å²) in [6, 6.07) is 12.1. The molecule has 1 heterocycles. The average Bonchev–Trinajstić information content (AvgIpc) is 3.22. The van der Waals surface area contributed by atoms with Gasteiger partial charge in [0.1, 0.15) is 23.5 Å². The van der Waals surface area contributed by atoms with Crippen LogP contribution in [0, 0.1) is 11.7 Å². The van der Waals surface area contributed by atoms with Gasteiger partial charge in [0.05, 0.1) is 5.92 Å². The molecule has 1 aliphatic carbocycles. The van der Waals surface area contributed by atoms with Crippen LogP contribution < -0.4 is 0 Å². The Balaban J connectivity index is 1.38. The van der Waals surface area contributed by atoms with Gasteiger partial charge in [-0.1, -0.05) is 24.3 Å². The monoisotopic (exact) mass is 311 g/mol. The van der Waals surface area contributed by atoms with Crippen molar-refractivity contribution in [1.82, 2.24) is 15.4 Å². The zero-order chi connectivity index (χ0) is 15.8. The van der Waals surface area contributed by atoms with E-state index in [1.165, 1.54) is 6.07 Å². The van der Waals surface area contributed by atoms with Crippen molar-refractivity contribution in [2.45, 2.75) is 18.9 Å². The van der Waals surface area contributed by atoms with E-state index >= 15 is 0 Å². The zero-order valence-electron chi connectivity index (χ0n) is 12.2. The number of esters is 1. The molecule has 1 saturated carbocycles. The van der Waals surface area contributed by atoms with Gasteiger partial charge in [-0.15, -0.1) is 0 Å². The Hall–Kier alpha value is -2.76. The summed E-state index contributed by atoms with van der Waals surface area (Å²) >= 11 is 0. The molecule has 0 unspecified atom stereocenters. The number of ether oxygens (including phenoxy) is 1. The Kier molecular flexibility index (Phi) is 3.29. The third kappa shape index (κ3) is 2.67. The van der Waals surface area contributed by atoms with Gasteiger partial charge in [0.15, 0.2) is 0 Å². The lowest BCUT2D eigenvalue weighted by Gasteiger charge is -2.05. The number of aromatic nitrogens is 3. The largest absolute Gasteiger partial charge is 0.461 e. The van der Waals surface area contributed by atoms with E-state index in [1.54, 1.807) is 18.2 Å². The molecular formula is C17H14FN3O2. The van der Waals surface area contributed by atoms with Crippen molar-refractivity contribution in [2.75, 3.05) is 0 Å². The molecule has 1 aliphatic rings. The van der Waals surface area contributed by atoms with Gasteiger partial charge < -0.3 is 4.74 Å². The molecule has 0 spiro atoms. The van der Waals surface area contributed by atoms with E-state index in [4.69, 9.17) is 4.74 Å². The van der Waals surface area contributed by atoms with Gasteiger partial charge in [-0.2, -0.15) is 15.4 Å². The maximum atomic E-state index is 13.7. The predicted octanol–water partition coefficient (Wildman–Crippen LogP) is 2.94. The normalized spacial score (nSPS) is 19.7. The maximum Gasteiger partial charge on any atom is 0.309 e. The highest BCUT2D eigenvalue weighted by atomic mass is 19.1. The van der Waals surface area contributed by atoms with Crippen LogP contribution in [0.3, 0.4) is 0 Å². The van der Waals surface area contributed by atoms with Crippen LogP contribution in [0.2, 0.25) is 0 Å². The van der Waals surface area contributed by atoms with Crippen molar-refractivity contribution >= 4 is 17.0 Å². The molecule has 0 radical (unpaired) electrons. The molecule has 1 N–H and O–H groups in total. The van der Waals surface area contributed by atoms with E-state index in [2.05, 4.69) is 15.4 Å². The van der Waals surface area contributed by atoms with Crippen LogP contribution >= 0.6 is 0 Å². The van der Waals surface area contributed by atoms with Crippen molar-refractivity contribution in [1.29, 1.82) is 0 Å². The molecule has 6 heteroatoms. The number of fused-ring (bicyclic) bond motifs is 1. The molecule has 116 valence electrons. The first-order valence-corrected chi connectivity index (χ1v) is 7.43. The highest BCUT2D eigenvalue weighted by molar-refractivity contribution is 5.78. The molecule has 1 fully saturated rings. The lowest BCUT2D eigenvalue weighted by molar-refractivity contribution is -0.146. The Labute approximate surface area is 131 Å². The van der Waals surface area contributed by atoms with E-state index in [0.717, 1.165) is 16.6 Å². The lowest BCUT2D eigenvalue weighted by atomic mass is 10.1.